The van der Waals surface area contributed by atoms with Crippen molar-refractivity contribution in [3.63, 3.8) is 0 Å². The van der Waals surface area contributed by atoms with Crippen LogP contribution in [-0.2, 0) is 6.42 Å². The molecular weight excluding hydrogens is 392 g/mol. The summed E-state index contributed by atoms with van der Waals surface area (Å²) in [6.07, 6.45) is 0.572. The van der Waals surface area contributed by atoms with Crippen LogP contribution in [0.1, 0.15) is 17.2 Å². The average Bonchev–Trinajstić information content (AvgIpc) is 2.33. The first kappa shape index (κ1) is 15.6. The Bertz CT molecular complexity index is 576. The summed E-state index contributed by atoms with van der Waals surface area (Å²) in [6, 6.07) is 9.44. The van der Waals surface area contributed by atoms with E-state index in [1.54, 1.807) is 7.05 Å². The molecule has 2 aromatic carbocycles. The summed E-state index contributed by atoms with van der Waals surface area (Å²) in [5.41, 5.74) is 1.66. The summed E-state index contributed by atoms with van der Waals surface area (Å²) >= 11 is 6.56. The van der Waals surface area contributed by atoms with Crippen molar-refractivity contribution >= 4 is 31.9 Å². The normalized spacial score (nSPS) is 12.4. The predicted molar refractivity (Wildman–Crippen MR) is 83.7 cm³/mol. The van der Waals surface area contributed by atoms with Gasteiger partial charge in [0.2, 0.25) is 0 Å². The van der Waals surface area contributed by atoms with Gasteiger partial charge in [0, 0.05) is 15.0 Å². The summed E-state index contributed by atoms with van der Waals surface area (Å²) in [6.45, 7) is 0. The summed E-state index contributed by atoms with van der Waals surface area (Å²) < 4.78 is 28.2. The van der Waals surface area contributed by atoms with Crippen molar-refractivity contribution in [2.24, 2.45) is 0 Å². The van der Waals surface area contributed by atoms with Crippen LogP contribution in [0, 0.1) is 11.6 Å². The van der Waals surface area contributed by atoms with E-state index in [0.717, 1.165) is 11.1 Å². The smallest absolute Gasteiger partial charge is 0.124 e. The van der Waals surface area contributed by atoms with Crippen LogP contribution >= 0.6 is 31.9 Å². The quantitative estimate of drug-likeness (QED) is 0.756. The maximum Gasteiger partial charge on any atom is 0.124 e. The number of hydrogen-bond acceptors (Lipinski definition) is 1. The fourth-order valence-corrected chi connectivity index (χ4v) is 3.12. The highest BCUT2D eigenvalue weighted by Gasteiger charge is 2.13. The van der Waals surface area contributed by atoms with Crippen molar-refractivity contribution in [3.05, 3.63) is 68.1 Å². The monoisotopic (exact) mass is 403 g/mol. The van der Waals surface area contributed by atoms with E-state index in [0.29, 0.717) is 15.4 Å². The lowest BCUT2D eigenvalue weighted by Crippen LogP contribution is -2.19. The molecule has 0 aliphatic carbocycles. The standard InChI is InChI=1S/C15H13Br2F2N/c1-20-15(10-5-12(17)8-14(19)6-10)4-9-2-11(16)7-13(18)3-9/h2-3,5-8,15,20H,4H2,1H3. The molecule has 106 valence electrons. The van der Waals surface area contributed by atoms with E-state index in [4.69, 9.17) is 0 Å². The van der Waals surface area contributed by atoms with Crippen molar-refractivity contribution in [1.29, 1.82) is 0 Å². The molecule has 0 spiro atoms. The molecule has 0 radical (unpaired) electrons. The van der Waals surface area contributed by atoms with Gasteiger partial charge in [-0.15, -0.1) is 0 Å². The minimum absolute atomic E-state index is 0.0873. The van der Waals surface area contributed by atoms with Gasteiger partial charge in [0.1, 0.15) is 11.6 Å². The van der Waals surface area contributed by atoms with Crippen LogP contribution in [0.5, 0.6) is 0 Å². The van der Waals surface area contributed by atoms with Crippen LogP contribution in [0.15, 0.2) is 45.3 Å². The van der Waals surface area contributed by atoms with Gasteiger partial charge in [-0.3, -0.25) is 0 Å². The van der Waals surface area contributed by atoms with Gasteiger partial charge in [0.25, 0.3) is 0 Å². The minimum atomic E-state index is -0.296. The lowest BCUT2D eigenvalue weighted by atomic mass is 9.99. The van der Waals surface area contributed by atoms with Gasteiger partial charge in [-0.25, -0.2) is 8.78 Å². The Morgan fingerprint density at radius 2 is 1.55 bits per heavy atom. The Labute approximate surface area is 133 Å². The molecule has 0 fully saturated rings. The van der Waals surface area contributed by atoms with Gasteiger partial charge < -0.3 is 5.32 Å². The fourth-order valence-electron chi connectivity index (χ4n) is 2.13. The molecule has 2 aromatic rings. The van der Waals surface area contributed by atoms with E-state index in [-0.39, 0.29) is 17.7 Å². The third kappa shape index (κ3) is 4.11. The number of hydrogen-bond donors (Lipinski definition) is 1. The molecule has 0 amide bonds. The number of likely N-dealkylation sites (N-methyl/N-ethyl adjacent to an activating group) is 1. The zero-order valence-corrected chi connectivity index (χ0v) is 13.9. The molecule has 0 saturated heterocycles. The lowest BCUT2D eigenvalue weighted by molar-refractivity contribution is 0.571. The second-order valence-electron chi connectivity index (χ2n) is 4.53. The summed E-state index contributed by atoms with van der Waals surface area (Å²) in [5.74, 6) is -0.584. The molecule has 1 nitrogen and oxygen atoms in total. The Morgan fingerprint density at radius 3 is 2.10 bits per heavy atom. The summed E-state index contributed by atoms with van der Waals surface area (Å²) in [4.78, 5) is 0. The first-order valence-electron chi connectivity index (χ1n) is 6.06. The van der Waals surface area contributed by atoms with E-state index in [9.17, 15) is 8.78 Å². The van der Waals surface area contributed by atoms with Crippen LogP contribution in [0.2, 0.25) is 0 Å². The molecule has 0 saturated carbocycles. The van der Waals surface area contributed by atoms with Crippen LogP contribution in [-0.4, -0.2) is 7.05 Å². The molecule has 1 unspecified atom stereocenters. The Hall–Kier alpha value is -0.780. The molecule has 0 aliphatic rings. The third-order valence-electron chi connectivity index (χ3n) is 3.00. The Kier molecular flexibility index (Phi) is 5.29. The van der Waals surface area contributed by atoms with Crippen molar-refractivity contribution in [2.45, 2.75) is 12.5 Å². The summed E-state index contributed by atoms with van der Waals surface area (Å²) in [5, 5.41) is 3.13. The van der Waals surface area contributed by atoms with E-state index in [1.807, 2.05) is 12.1 Å². The molecule has 0 aliphatic heterocycles. The second-order valence-corrected chi connectivity index (χ2v) is 6.36. The summed E-state index contributed by atoms with van der Waals surface area (Å²) in [7, 11) is 1.80. The Morgan fingerprint density at radius 1 is 0.950 bits per heavy atom. The SMILES string of the molecule is CNC(Cc1cc(F)cc(Br)c1)c1cc(F)cc(Br)c1. The largest absolute Gasteiger partial charge is 0.313 e. The predicted octanol–water partition coefficient (Wildman–Crippen LogP) is 4.99. The highest BCUT2D eigenvalue weighted by molar-refractivity contribution is 9.10. The zero-order valence-electron chi connectivity index (χ0n) is 10.8. The highest BCUT2D eigenvalue weighted by atomic mass is 79.9. The lowest BCUT2D eigenvalue weighted by Gasteiger charge is -2.17. The molecule has 0 aromatic heterocycles. The van der Waals surface area contributed by atoms with Crippen molar-refractivity contribution in [1.82, 2.24) is 5.32 Å². The first-order valence-corrected chi connectivity index (χ1v) is 7.65. The van der Waals surface area contributed by atoms with Gasteiger partial charge in [-0.1, -0.05) is 31.9 Å². The van der Waals surface area contributed by atoms with Crippen molar-refractivity contribution in [3.8, 4) is 0 Å². The van der Waals surface area contributed by atoms with Gasteiger partial charge in [0.05, 0.1) is 0 Å². The molecule has 20 heavy (non-hydrogen) atoms. The van der Waals surface area contributed by atoms with Gasteiger partial charge >= 0.3 is 0 Å². The van der Waals surface area contributed by atoms with E-state index >= 15 is 0 Å². The van der Waals surface area contributed by atoms with Gasteiger partial charge in [-0.2, -0.15) is 0 Å². The fraction of sp³-hybridized carbons (Fsp3) is 0.200. The van der Waals surface area contributed by atoms with E-state index in [1.165, 1.54) is 24.3 Å². The number of nitrogens with one attached hydrogen (secondary N) is 1. The topological polar surface area (TPSA) is 12.0 Å². The molecule has 2 rings (SSSR count). The number of halogens is 4. The second kappa shape index (κ2) is 6.78. The molecule has 0 bridgehead atoms. The van der Waals surface area contributed by atoms with Gasteiger partial charge in [0.15, 0.2) is 0 Å². The molecule has 5 heteroatoms. The third-order valence-corrected chi connectivity index (χ3v) is 3.91. The van der Waals surface area contributed by atoms with Crippen LogP contribution in [0.25, 0.3) is 0 Å². The number of rotatable bonds is 4. The first-order chi connectivity index (χ1) is 9.47. The van der Waals surface area contributed by atoms with E-state index < -0.39 is 0 Å². The maximum absolute atomic E-state index is 13.5. The molecular formula is C15H13Br2F2N. The average molecular weight is 405 g/mol. The molecule has 0 heterocycles. The van der Waals surface area contributed by atoms with E-state index in [2.05, 4.69) is 37.2 Å². The van der Waals surface area contributed by atoms with Crippen LogP contribution in [0.4, 0.5) is 8.78 Å². The van der Waals surface area contributed by atoms with Crippen LogP contribution < -0.4 is 5.32 Å². The minimum Gasteiger partial charge on any atom is -0.313 e. The number of benzene rings is 2. The van der Waals surface area contributed by atoms with Crippen LogP contribution in [0.3, 0.4) is 0 Å². The maximum atomic E-state index is 13.5. The van der Waals surface area contributed by atoms with Crippen molar-refractivity contribution < 1.29 is 8.78 Å². The molecule has 1 atom stereocenters. The Balaban J connectivity index is 2.28. The zero-order chi connectivity index (χ0) is 14.7. The molecule has 1 N–H and O–H groups in total. The van der Waals surface area contributed by atoms with Crippen molar-refractivity contribution in [2.75, 3.05) is 7.05 Å². The van der Waals surface area contributed by atoms with Gasteiger partial charge in [-0.05, 0) is 61.0 Å². The highest BCUT2D eigenvalue weighted by Crippen LogP contribution is 2.25.